The minimum absolute atomic E-state index is 0.0758. The van der Waals surface area contributed by atoms with Gasteiger partial charge < -0.3 is 29.5 Å². The maximum absolute atomic E-state index is 12.2. The number of para-hydroxylation sites is 1. The maximum atomic E-state index is 12.2. The number of aromatic hydroxyl groups is 1. The highest BCUT2D eigenvalue weighted by atomic mass is 16.7. The number of fused-ring (bicyclic) bond motifs is 1. The third-order valence-corrected chi connectivity index (χ3v) is 4.85. The van der Waals surface area contributed by atoms with Gasteiger partial charge >= 0.3 is 0 Å². The van der Waals surface area contributed by atoms with Crippen LogP contribution in [0.1, 0.15) is 31.7 Å². The first kappa shape index (κ1) is 20.0. The molecule has 3 rings (SSSR count). The summed E-state index contributed by atoms with van der Waals surface area (Å²) in [5.74, 6) is -0.207. The van der Waals surface area contributed by atoms with Crippen molar-refractivity contribution in [2.75, 3.05) is 6.61 Å². The molecule has 148 valence electrons. The Hall–Kier alpha value is -1.77. The number of hydrogen-bond donors (Lipinski definition) is 3. The van der Waals surface area contributed by atoms with Crippen LogP contribution in [-0.4, -0.2) is 64.5 Å². The normalized spacial score (nSPS) is 33.7. The highest BCUT2D eigenvalue weighted by Crippen LogP contribution is 2.31. The Morgan fingerprint density at radius 2 is 2.00 bits per heavy atom. The van der Waals surface area contributed by atoms with Crippen LogP contribution in [0.2, 0.25) is 0 Å². The first-order valence-electron chi connectivity index (χ1n) is 9.27. The van der Waals surface area contributed by atoms with Crippen LogP contribution in [0.4, 0.5) is 0 Å². The van der Waals surface area contributed by atoms with E-state index in [1.807, 2.05) is 6.92 Å². The molecule has 0 aliphatic carbocycles. The number of ether oxygens (including phenoxy) is 3. The summed E-state index contributed by atoms with van der Waals surface area (Å²) in [6.07, 6.45) is -0.523. The van der Waals surface area contributed by atoms with Gasteiger partial charge in [-0.3, -0.25) is 4.79 Å². The number of ketones is 1. The molecule has 2 aliphatic heterocycles. The molecule has 0 saturated carbocycles. The van der Waals surface area contributed by atoms with Crippen LogP contribution in [0.3, 0.4) is 0 Å². The van der Waals surface area contributed by atoms with E-state index in [-0.39, 0.29) is 24.6 Å². The van der Waals surface area contributed by atoms with Crippen LogP contribution >= 0.6 is 0 Å². The smallest absolute Gasteiger partial charge is 0.158 e. The Kier molecular flexibility index (Phi) is 6.62. The Bertz CT molecular complexity index is 672. The number of carbonyl (C=O) groups is 1. The zero-order valence-corrected chi connectivity index (χ0v) is 15.2. The Morgan fingerprint density at radius 3 is 2.74 bits per heavy atom. The van der Waals surface area contributed by atoms with Gasteiger partial charge in [-0.15, -0.1) is 0 Å². The van der Waals surface area contributed by atoms with Crippen molar-refractivity contribution in [2.45, 2.75) is 63.0 Å². The molecule has 0 unspecified atom stereocenters. The molecule has 2 heterocycles. The van der Waals surface area contributed by atoms with Gasteiger partial charge in [-0.2, -0.15) is 0 Å². The summed E-state index contributed by atoms with van der Waals surface area (Å²) >= 11 is 0. The van der Waals surface area contributed by atoms with Gasteiger partial charge in [-0.1, -0.05) is 31.5 Å². The predicted octanol–water partition coefficient (Wildman–Crippen LogP) is 1.40. The first-order chi connectivity index (χ1) is 13.0. The second-order valence-electron chi connectivity index (χ2n) is 6.91. The van der Waals surface area contributed by atoms with Crippen molar-refractivity contribution in [3.05, 3.63) is 35.9 Å². The van der Waals surface area contributed by atoms with Crippen molar-refractivity contribution < 1.29 is 34.3 Å². The standard InChI is InChI=1S/C20H26O7/c1-2-5-17-25-11-16-20(27-17)19(24)18(23)15(26-16)10-13(21)9-8-12-6-3-4-7-14(12)22/h3-4,6-9,15-20,22-24H,2,5,10-11H2,1H3/b9-8+/t15-,16+,17+,18-,19+,20+/m1/s1. The summed E-state index contributed by atoms with van der Waals surface area (Å²) in [6.45, 7) is 2.25. The fourth-order valence-corrected chi connectivity index (χ4v) is 3.37. The van der Waals surface area contributed by atoms with E-state index in [0.717, 1.165) is 6.42 Å². The number of aliphatic hydroxyl groups is 2. The van der Waals surface area contributed by atoms with Crippen LogP contribution in [0.25, 0.3) is 6.08 Å². The van der Waals surface area contributed by atoms with Crippen molar-refractivity contribution in [1.82, 2.24) is 0 Å². The van der Waals surface area contributed by atoms with Crippen molar-refractivity contribution in [3.8, 4) is 5.75 Å². The van der Waals surface area contributed by atoms with Gasteiger partial charge in [0, 0.05) is 12.0 Å². The van der Waals surface area contributed by atoms with Crippen molar-refractivity contribution in [2.24, 2.45) is 0 Å². The topological polar surface area (TPSA) is 105 Å². The zero-order valence-electron chi connectivity index (χ0n) is 15.2. The van der Waals surface area contributed by atoms with Crippen molar-refractivity contribution >= 4 is 11.9 Å². The van der Waals surface area contributed by atoms with E-state index < -0.39 is 36.8 Å². The van der Waals surface area contributed by atoms with E-state index in [1.54, 1.807) is 18.2 Å². The molecule has 2 saturated heterocycles. The van der Waals surface area contributed by atoms with Crippen molar-refractivity contribution in [1.29, 1.82) is 0 Å². The number of phenolic OH excluding ortho intramolecular Hbond substituents is 1. The minimum Gasteiger partial charge on any atom is -0.507 e. The summed E-state index contributed by atoms with van der Waals surface area (Å²) in [6, 6.07) is 6.66. The molecule has 2 aliphatic rings. The largest absolute Gasteiger partial charge is 0.507 e. The Balaban J connectivity index is 1.60. The molecule has 1 aromatic carbocycles. The molecule has 0 spiro atoms. The fourth-order valence-electron chi connectivity index (χ4n) is 3.37. The monoisotopic (exact) mass is 378 g/mol. The lowest BCUT2D eigenvalue weighted by Gasteiger charge is -2.46. The van der Waals surface area contributed by atoms with Crippen molar-refractivity contribution in [3.63, 3.8) is 0 Å². The molecule has 7 nitrogen and oxygen atoms in total. The van der Waals surface area contributed by atoms with Crippen LogP contribution in [0.15, 0.2) is 30.3 Å². The highest BCUT2D eigenvalue weighted by molar-refractivity contribution is 5.94. The Labute approximate surface area is 158 Å². The second-order valence-corrected chi connectivity index (χ2v) is 6.91. The molecule has 27 heavy (non-hydrogen) atoms. The molecule has 0 aromatic heterocycles. The molecule has 0 radical (unpaired) electrons. The molecule has 2 fully saturated rings. The molecular formula is C20H26O7. The predicted molar refractivity (Wildman–Crippen MR) is 97.0 cm³/mol. The van der Waals surface area contributed by atoms with E-state index in [1.165, 1.54) is 18.2 Å². The number of carbonyl (C=O) groups excluding carboxylic acids is 1. The Morgan fingerprint density at radius 1 is 1.22 bits per heavy atom. The molecular weight excluding hydrogens is 352 g/mol. The lowest BCUT2D eigenvalue weighted by atomic mass is 9.91. The van der Waals surface area contributed by atoms with Gasteiger partial charge in [0.05, 0.1) is 12.7 Å². The molecule has 6 atom stereocenters. The van der Waals surface area contributed by atoms with Gasteiger partial charge in [0.25, 0.3) is 0 Å². The van der Waals surface area contributed by atoms with E-state index in [2.05, 4.69) is 0 Å². The van der Waals surface area contributed by atoms with Gasteiger partial charge in [-0.25, -0.2) is 0 Å². The molecule has 0 bridgehead atoms. The van der Waals surface area contributed by atoms with E-state index in [0.29, 0.717) is 12.0 Å². The quantitative estimate of drug-likeness (QED) is 0.643. The average Bonchev–Trinajstić information content (AvgIpc) is 2.66. The van der Waals surface area contributed by atoms with Crippen LogP contribution in [0.5, 0.6) is 5.75 Å². The van der Waals surface area contributed by atoms with Gasteiger partial charge in [-0.05, 0) is 24.6 Å². The third-order valence-electron chi connectivity index (χ3n) is 4.85. The number of phenols is 1. The molecule has 0 amide bonds. The second kappa shape index (κ2) is 8.95. The van der Waals surface area contributed by atoms with Crippen LogP contribution in [0, 0.1) is 0 Å². The lowest BCUT2D eigenvalue weighted by Crippen LogP contribution is -2.62. The third kappa shape index (κ3) is 4.75. The summed E-state index contributed by atoms with van der Waals surface area (Å²) in [5.41, 5.74) is 0.520. The van der Waals surface area contributed by atoms with E-state index in [9.17, 15) is 20.1 Å². The molecule has 1 aromatic rings. The summed E-state index contributed by atoms with van der Waals surface area (Å²) < 4.78 is 17.1. The van der Waals surface area contributed by atoms with Crippen LogP contribution in [-0.2, 0) is 19.0 Å². The van der Waals surface area contributed by atoms with E-state index in [4.69, 9.17) is 14.2 Å². The number of aliphatic hydroxyl groups excluding tert-OH is 2. The lowest BCUT2D eigenvalue weighted by molar-refractivity contribution is -0.325. The SMILES string of the molecule is CCC[C@H]1OC[C@@H]2O[C@H](CC(=O)/C=C/c3ccccc3O)[C@@H](O)[C@H](O)[C@H]2O1. The number of allylic oxidation sites excluding steroid dienone is 1. The van der Waals surface area contributed by atoms with E-state index >= 15 is 0 Å². The number of hydrogen-bond acceptors (Lipinski definition) is 7. The maximum Gasteiger partial charge on any atom is 0.158 e. The number of rotatable bonds is 6. The minimum atomic E-state index is -1.23. The van der Waals surface area contributed by atoms with Gasteiger partial charge in [0.15, 0.2) is 12.1 Å². The van der Waals surface area contributed by atoms with Crippen LogP contribution < -0.4 is 0 Å². The zero-order chi connectivity index (χ0) is 19.4. The van der Waals surface area contributed by atoms with Gasteiger partial charge in [0.1, 0.15) is 30.2 Å². The summed E-state index contributed by atoms with van der Waals surface area (Å²) in [4.78, 5) is 12.2. The summed E-state index contributed by atoms with van der Waals surface area (Å²) in [5, 5.41) is 30.5. The average molecular weight is 378 g/mol. The number of benzene rings is 1. The molecule has 3 N–H and O–H groups in total. The highest BCUT2D eigenvalue weighted by Gasteiger charge is 2.48. The first-order valence-corrected chi connectivity index (χ1v) is 9.27. The molecule has 7 heteroatoms. The fraction of sp³-hybridized carbons (Fsp3) is 0.550. The van der Waals surface area contributed by atoms with Gasteiger partial charge in [0.2, 0.25) is 0 Å². The summed E-state index contributed by atoms with van der Waals surface area (Å²) in [7, 11) is 0.